The van der Waals surface area contributed by atoms with Crippen LogP contribution in [0.25, 0.3) is 11.0 Å². The molecule has 0 saturated carbocycles. The van der Waals surface area contributed by atoms with E-state index in [1.807, 2.05) is 36.7 Å². The molecule has 0 atom stereocenters. The molecule has 2 heterocycles. The SMILES string of the molecule is Cc1c(Br)cccc1NC(=O)c1c(N)c2cc3c(nc2n1C)CCCC3. The topological polar surface area (TPSA) is 72.9 Å². The number of carbonyl (C=O) groups excluding carboxylic acids is 1. The molecule has 0 fully saturated rings. The molecule has 134 valence electrons. The van der Waals surface area contributed by atoms with Gasteiger partial charge in [0, 0.05) is 28.3 Å². The largest absolute Gasteiger partial charge is 0.396 e. The third-order valence-electron chi connectivity index (χ3n) is 5.21. The normalized spacial score (nSPS) is 13.7. The van der Waals surface area contributed by atoms with Gasteiger partial charge in [-0.05, 0) is 61.9 Å². The van der Waals surface area contributed by atoms with Crippen LogP contribution in [-0.2, 0) is 19.9 Å². The fourth-order valence-corrected chi connectivity index (χ4v) is 4.06. The minimum atomic E-state index is -0.220. The molecule has 3 aromatic rings. The van der Waals surface area contributed by atoms with Crippen LogP contribution in [0.15, 0.2) is 28.7 Å². The minimum Gasteiger partial charge on any atom is -0.396 e. The van der Waals surface area contributed by atoms with E-state index in [0.29, 0.717) is 11.4 Å². The fourth-order valence-electron chi connectivity index (χ4n) is 3.69. The third kappa shape index (κ3) is 2.69. The minimum absolute atomic E-state index is 0.220. The summed E-state index contributed by atoms with van der Waals surface area (Å²) >= 11 is 3.50. The van der Waals surface area contributed by atoms with E-state index in [-0.39, 0.29) is 5.91 Å². The zero-order chi connectivity index (χ0) is 18.4. The van der Waals surface area contributed by atoms with Gasteiger partial charge >= 0.3 is 0 Å². The van der Waals surface area contributed by atoms with Gasteiger partial charge in [-0.3, -0.25) is 4.79 Å². The molecule has 0 saturated heterocycles. The molecule has 6 heteroatoms. The predicted octanol–water partition coefficient (Wildman–Crippen LogP) is 4.36. The zero-order valence-electron chi connectivity index (χ0n) is 14.9. The Kier molecular flexibility index (Phi) is 4.23. The molecule has 0 radical (unpaired) electrons. The molecule has 1 aliphatic rings. The summed E-state index contributed by atoms with van der Waals surface area (Å²) in [6, 6.07) is 7.85. The second-order valence-electron chi connectivity index (χ2n) is 6.86. The summed E-state index contributed by atoms with van der Waals surface area (Å²) in [5.41, 5.74) is 12.2. The number of nitrogens with zero attached hydrogens (tertiary/aromatic N) is 2. The number of amides is 1. The summed E-state index contributed by atoms with van der Waals surface area (Å²) in [7, 11) is 1.85. The first-order chi connectivity index (χ1) is 12.5. The number of halogens is 1. The monoisotopic (exact) mass is 412 g/mol. The number of nitrogens with two attached hydrogens (primary N) is 1. The summed E-state index contributed by atoms with van der Waals surface area (Å²) in [5, 5.41) is 3.85. The van der Waals surface area contributed by atoms with E-state index in [2.05, 4.69) is 27.3 Å². The van der Waals surface area contributed by atoms with Gasteiger partial charge in [-0.15, -0.1) is 0 Å². The third-order valence-corrected chi connectivity index (χ3v) is 6.07. The number of aryl methyl sites for hydroxylation is 3. The number of fused-ring (bicyclic) bond motifs is 2. The van der Waals surface area contributed by atoms with E-state index >= 15 is 0 Å². The average Bonchev–Trinajstić information content (AvgIpc) is 2.87. The standard InChI is InChI=1S/C20H21BrN4O/c1-11-14(21)7-5-9-15(11)24-20(26)18-17(22)13-10-12-6-3-4-8-16(12)23-19(13)25(18)2/h5,7,9-10H,3-4,6,8,22H2,1-2H3,(H,24,26). The molecule has 4 rings (SSSR count). The molecule has 5 nitrogen and oxygen atoms in total. The van der Waals surface area contributed by atoms with Gasteiger partial charge in [0.2, 0.25) is 0 Å². The molecule has 0 spiro atoms. The van der Waals surface area contributed by atoms with Crippen LogP contribution in [0, 0.1) is 6.92 Å². The van der Waals surface area contributed by atoms with E-state index < -0.39 is 0 Å². The first-order valence-corrected chi connectivity index (χ1v) is 9.59. The highest BCUT2D eigenvalue weighted by atomic mass is 79.9. The number of hydrogen-bond donors (Lipinski definition) is 2. The molecule has 1 aromatic carbocycles. The smallest absolute Gasteiger partial charge is 0.274 e. The van der Waals surface area contributed by atoms with Crippen molar-refractivity contribution >= 4 is 44.2 Å². The molecule has 2 aromatic heterocycles. The summed E-state index contributed by atoms with van der Waals surface area (Å²) < 4.78 is 2.76. The maximum atomic E-state index is 13.0. The van der Waals surface area contributed by atoms with Crippen molar-refractivity contribution in [3.63, 3.8) is 0 Å². The van der Waals surface area contributed by atoms with E-state index in [0.717, 1.165) is 45.3 Å². The predicted molar refractivity (Wildman–Crippen MR) is 109 cm³/mol. The van der Waals surface area contributed by atoms with Gasteiger partial charge < -0.3 is 15.6 Å². The quantitative estimate of drug-likeness (QED) is 0.656. The van der Waals surface area contributed by atoms with Crippen molar-refractivity contribution in [1.82, 2.24) is 9.55 Å². The van der Waals surface area contributed by atoms with Crippen LogP contribution in [0.5, 0.6) is 0 Å². The zero-order valence-corrected chi connectivity index (χ0v) is 16.5. The maximum absolute atomic E-state index is 13.0. The first kappa shape index (κ1) is 17.1. The van der Waals surface area contributed by atoms with Crippen molar-refractivity contribution in [2.75, 3.05) is 11.1 Å². The summed E-state index contributed by atoms with van der Waals surface area (Å²) in [5.74, 6) is -0.220. The molecule has 0 unspecified atom stereocenters. The molecule has 1 aliphatic carbocycles. The molecular weight excluding hydrogens is 392 g/mol. The molecular formula is C20H21BrN4O. The Balaban J connectivity index is 1.78. The lowest BCUT2D eigenvalue weighted by Gasteiger charge is -2.14. The number of carbonyl (C=O) groups is 1. The Morgan fingerprint density at radius 1 is 1.31 bits per heavy atom. The van der Waals surface area contributed by atoms with Crippen LogP contribution in [0.1, 0.15) is 40.2 Å². The molecule has 3 N–H and O–H groups in total. The molecule has 26 heavy (non-hydrogen) atoms. The summed E-state index contributed by atoms with van der Waals surface area (Å²) in [6.45, 7) is 1.96. The van der Waals surface area contributed by atoms with Crippen LogP contribution in [0.4, 0.5) is 11.4 Å². The maximum Gasteiger partial charge on any atom is 0.274 e. The van der Waals surface area contributed by atoms with E-state index in [4.69, 9.17) is 10.7 Å². The lowest BCUT2D eigenvalue weighted by molar-refractivity contribution is 0.102. The lowest BCUT2D eigenvalue weighted by Crippen LogP contribution is -2.18. The van der Waals surface area contributed by atoms with Crippen LogP contribution in [0.2, 0.25) is 0 Å². The number of nitrogen functional groups attached to an aromatic ring is 1. The van der Waals surface area contributed by atoms with E-state index in [1.165, 1.54) is 18.4 Å². The fraction of sp³-hybridized carbons (Fsp3) is 0.300. The van der Waals surface area contributed by atoms with Gasteiger partial charge in [0.05, 0.1) is 5.69 Å². The van der Waals surface area contributed by atoms with Gasteiger partial charge in [-0.2, -0.15) is 0 Å². The Bertz CT molecular complexity index is 989. The Morgan fingerprint density at radius 3 is 2.88 bits per heavy atom. The van der Waals surface area contributed by atoms with Gasteiger partial charge in [0.1, 0.15) is 11.3 Å². The number of aromatic nitrogens is 2. The van der Waals surface area contributed by atoms with Crippen molar-refractivity contribution in [2.24, 2.45) is 7.05 Å². The van der Waals surface area contributed by atoms with Crippen molar-refractivity contribution < 1.29 is 4.79 Å². The van der Waals surface area contributed by atoms with E-state index in [9.17, 15) is 4.79 Å². The van der Waals surface area contributed by atoms with Gasteiger partial charge in [-0.1, -0.05) is 22.0 Å². The number of nitrogens with one attached hydrogen (secondary N) is 1. The second-order valence-corrected chi connectivity index (χ2v) is 7.71. The molecule has 0 bridgehead atoms. The molecule has 1 amide bonds. The summed E-state index contributed by atoms with van der Waals surface area (Å²) in [6.07, 6.45) is 4.38. The number of pyridine rings is 1. The van der Waals surface area contributed by atoms with Crippen molar-refractivity contribution in [3.05, 3.63) is 51.3 Å². The lowest BCUT2D eigenvalue weighted by atomic mass is 9.95. The highest BCUT2D eigenvalue weighted by Gasteiger charge is 2.23. The second kappa shape index (κ2) is 6.43. The van der Waals surface area contributed by atoms with Crippen LogP contribution in [0.3, 0.4) is 0 Å². The first-order valence-electron chi connectivity index (χ1n) is 8.80. The Hall–Kier alpha value is -2.34. The number of benzene rings is 1. The van der Waals surface area contributed by atoms with Crippen LogP contribution in [-0.4, -0.2) is 15.5 Å². The Labute approximate surface area is 160 Å². The molecule has 0 aliphatic heterocycles. The Morgan fingerprint density at radius 2 is 2.08 bits per heavy atom. The van der Waals surface area contributed by atoms with Crippen molar-refractivity contribution in [2.45, 2.75) is 32.6 Å². The van der Waals surface area contributed by atoms with Crippen LogP contribution < -0.4 is 11.1 Å². The van der Waals surface area contributed by atoms with Gasteiger partial charge in [0.15, 0.2) is 0 Å². The van der Waals surface area contributed by atoms with Gasteiger partial charge in [0.25, 0.3) is 5.91 Å². The van der Waals surface area contributed by atoms with Crippen LogP contribution >= 0.6 is 15.9 Å². The highest BCUT2D eigenvalue weighted by molar-refractivity contribution is 9.10. The van der Waals surface area contributed by atoms with Gasteiger partial charge in [-0.25, -0.2) is 4.98 Å². The van der Waals surface area contributed by atoms with Crippen molar-refractivity contribution in [1.29, 1.82) is 0 Å². The number of rotatable bonds is 2. The summed E-state index contributed by atoms with van der Waals surface area (Å²) in [4.78, 5) is 17.8. The highest BCUT2D eigenvalue weighted by Crippen LogP contribution is 2.32. The van der Waals surface area contributed by atoms with Crippen molar-refractivity contribution in [3.8, 4) is 0 Å². The van der Waals surface area contributed by atoms with E-state index in [1.54, 1.807) is 0 Å². The average molecular weight is 413 g/mol. The number of anilines is 2. The number of hydrogen-bond acceptors (Lipinski definition) is 3.